The predicted molar refractivity (Wildman–Crippen MR) is 123 cm³/mol. The molecular weight excluding hydrogens is 463 g/mol. The summed E-state index contributed by atoms with van der Waals surface area (Å²) in [4.78, 5) is 33.0. The fraction of sp³-hybridized carbons (Fsp3) is 0.292. The van der Waals surface area contributed by atoms with Gasteiger partial charge < -0.3 is 20.0 Å². The summed E-state index contributed by atoms with van der Waals surface area (Å²) in [6, 6.07) is 12.6. The lowest BCUT2D eigenvalue weighted by Crippen LogP contribution is -2.49. The lowest BCUT2D eigenvalue weighted by Gasteiger charge is -2.35. The first kappa shape index (κ1) is 24.3. The number of halogens is 3. The van der Waals surface area contributed by atoms with E-state index in [-0.39, 0.29) is 24.9 Å². The van der Waals surface area contributed by atoms with E-state index in [1.54, 1.807) is 36.4 Å². The number of hydrogen-bond donors (Lipinski definition) is 2. The molecule has 8 nitrogen and oxygen atoms in total. The number of anilines is 2. The second-order valence-corrected chi connectivity index (χ2v) is 8.02. The topological polar surface area (TPSA) is 90.7 Å². The zero-order chi connectivity index (χ0) is 24.8. The van der Waals surface area contributed by atoms with Crippen LogP contribution in [0.4, 0.5) is 24.7 Å². The van der Waals surface area contributed by atoms with Crippen molar-refractivity contribution in [2.24, 2.45) is 0 Å². The van der Waals surface area contributed by atoms with E-state index in [0.29, 0.717) is 49.0 Å². The van der Waals surface area contributed by atoms with Crippen molar-refractivity contribution in [1.82, 2.24) is 15.2 Å². The Bertz CT molecular complexity index is 1140. The van der Waals surface area contributed by atoms with Gasteiger partial charge in [-0.1, -0.05) is 12.1 Å². The molecule has 3 heterocycles. The quantitative estimate of drug-likeness (QED) is 0.531. The second-order valence-electron chi connectivity index (χ2n) is 8.02. The number of rotatable bonds is 7. The van der Waals surface area contributed by atoms with Crippen LogP contribution in [-0.2, 0) is 17.5 Å². The van der Waals surface area contributed by atoms with Crippen molar-refractivity contribution < 1.29 is 27.2 Å². The molecule has 0 spiro atoms. The number of nitrogens with zero attached hydrogens (tertiary/aromatic N) is 3. The Morgan fingerprint density at radius 3 is 2.43 bits per heavy atom. The minimum absolute atomic E-state index is 0.122. The standard InChI is InChI=1S/C24H24F3N5O3/c25-24(26,27)17-7-8-21(28-14-17)32-11-9-31(10-12-32)16-22(33)30-20-6-2-1-5-19(20)23(34)29-15-18-4-3-13-35-18/h1-8,13-14H,9-12,15-16H2,(H,29,34)(H,30,33). The molecule has 3 aromatic rings. The molecule has 2 N–H and O–H groups in total. The summed E-state index contributed by atoms with van der Waals surface area (Å²) in [5, 5.41) is 5.56. The molecule has 2 amide bonds. The lowest BCUT2D eigenvalue weighted by molar-refractivity contribution is -0.137. The molecule has 0 aliphatic carbocycles. The van der Waals surface area contributed by atoms with E-state index in [2.05, 4.69) is 15.6 Å². The Balaban J connectivity index is 1.28. The number of carbonyl (C=O) groups is 2. The number of alkyl halides is 3. The summed E-state index contributed by atoms with van der Waals surface area (Å²) in [6.45, 7) is 2.49. The number of aromatic nitrogens is 1. The average molecular weight is 487 g/mol. The van der Waals surface area contributed by atoms with Gasteiger partial charge in [0.25, 0.3) is 5.91 Å². The highest BCUT2D eigenvalue weighted by Gasteiger charge is 2.31. The van der Waals surface area contributed by atoms with E-state index < -0.39 is 11.7 Å². The minimum Gasteiger partial charge on any atom is -0.467 e. The summed E-state index contributed by atoms with van der Waals surface area (Å²) >= 11 is 0. The zero-order valence-electron chi connectivity index (χ0n) is 18.7. The van der Waals surface area contributed by atoms with Gasteiger partial charge in [-0.3, -0.25) is 14.5 Å². The van der Waals surface area contributed by atoms with Crippen LogP contribution in [0.3, 0.4) is 0 Å². The highest BCUT2D eigenvalue weighted by atomic mass is 19.4. The van der Waals surface area contributed by atoms with Crippen LogP contribution in [0.15, 0.2) is 65.4 Å². The second kappa shape index (κ2) is 10.6. The fourth-order valence-electron chi connectivity index (χ4n) is 3.73. The Kier molecular flexibility index (Phi) is 7.35. The largest absolute Gasteiger partial charge is 0.467 e. The highest BCUT2D eigenvalue weighted by molar-refractivity contribution is 6.04. The van der Waals surface area contributed by atoms with Crippen LogP contribution < -0.4 is 15.5 Å². The van der Waals surface area contributed by atoms with Gasteiger partial charge in [0.1, 0.15) is 11.6 Å². The zero-order valence-corrected chi connectivity index (χ0v) is 18.7. The molecule has 184 valence electrons. The average Bonchev–Trinajstić information content (AvgIpc) is 3.37. The molecule has 1 aromatic carbocycles. The van der Waals surface area contributed by atoms with Crippen molar-refractivity contribution >= 4 is 23.3 Å². The monoisotopic (exact) mass is 487 g/mol. The first-order chi connectivity index (χ1) is 16.8. The maximum absolute atomic E-state index is 12.7. The smallest absolute Gasteiger partial charge is 0.417 e. The molecule has 4 rings (SSSR count). The third-order valence-electron chi connectivity index (χ3n) is 5.59. The van der Waals surface area contributed by atoms with Gasteiger partial charge >= 0.3 is 6.18 Å². The molecule has 0 unspecified atom stereocenters. The Morgan fingerprint density at radius 1 is 1.00 bits per heavy atom. The molecular formula is C24H24F3N5O3. The van der Waals surface area contributed by atoms with Gasteiger partial charge in [0.2, 0.25) is 5.91 Å². The lowest BCUT2D eigenvalue weighted by atomic mass is 10.1. The maximum Gasteiger partial charge on any atom is 0.417 e. The van der Waals surface area contributed by atoms with Gasteiger partial charge in [-0.05, 0) is 36.4 Å². The van der Waals surface area contributed by atoms with Crippen molar-refractivity contribution in [2.45, 2.75) is 12.7 Å². The number of carbonyl (C=O) groups excluding carboxylic acids is 2. The molecule has 0 bridgehead atoms. The molecule has 0 radical (unpaired) electrons. The Labute approximate surface area is 199 Å². The summed E-state index contributed by atoms with van der Waals surface area (Å²) in [7, 11) is 0. The third-order valence-corrected chi connectivity index (χ3v) is 5.59. The van der Waals surface area contributed by atoms with E-state index >= 15 is 0 Å². The van der Waals surface area contributed by atoms with E-state index in [9.17, 15) is 22.8 Å². The van der Waals surface area contributed by atoms with Gasteiger partial charge in [-0.2, -0.15) is 13.2 Å². The van der Waals surface area contributed by atoms with Crippen LogP contribution in [0.25, 0.3) is 0 Å². The fourth-order valence-corrected chi connectivity index (χ4v) is 3.73. The van der Waals surface area contributed by atoms with Crippen molar-refractivity contribution in [3.63, 3.8) is 0 Å². The van der Waals surface area contributed by atoms with Crippen molar-refractivity contribution in [1.29, 1.82) is 0 Å². The van der Waals surface area contributed by atoms with Crippen LogP contribution in [0.2, 0.25) is 0 Å². The van der Waals surface area contributed by atoms with E-state index in [1.807, 2.05) is 9.80 Å². The first-order valence-corrected chi connectivity index (χ1v) is 11.0. The van der Waals surface area contributed by atoms with Crippen LogP contribution in [0.1, 0.15) is 21.7 Å². The molecule has 35 heavy (non-hydrogen) atoms. The van der Waals surface area contributed by atoms with Crippen LogP contribution in [0, 0.1) is 0 Å². The van der Waals surface area contributed by atoms with Crippen molar-refractivity contribution in [2.75, 3.05) is 42.9 Å². The molecule has 1 aliphatic heterocycles. The first-order valence-electron chi connectivity index (χ1n) is 11.0. The van der Waals surface area contributed by atoms with Crippen LogP contribution in [0.5, 0.6) is 0 Å². The number of pyridine rings is 1. The number of para-hydroxylation sites is 1. The molecule has 2 aromatic heterocycles. The molecule has 1 saturated heterocycles. The SMILES string of the molecule is O=C(CN1CCN(c2ccc(C(F)(F)F)cn2)CC1)Nc1ccccc1C(=O)NCc1ccco1. The van der Waals surface area contributed by atoms with Gasteiger partial charge in [0, 0.05) is 32.4 Å². The molecule has 1 aliphatic rings. The Hall–Kier alpha value is -3.86. The third kappa shape index (κ3) is 6.38. The predicted octanol–water partition coefficient (Wildman–Crippen LogP) is 3.38. The highest BCUT2D eigenvalue weighted by Crippen LogP contribution is 2.29. The van der Waals surface area contributed by atoms with Crippen molar-refractivity contribution in [3.05, 3.63) is 77.9 Å². The number of furan rings is 1. The molecule has 1 fully saturated rings. The summed E-state index contributed by atoms with van der Waals surface area (Å²) in [6.07, 6.45) is -2.07. The van der Waals surface area contributed by atoms with E-state index in [0.717, 1.165) is 12.3 Å². The van der Waals surface area contributed by atoms with Gasteiger partial charge in [0.05, 0.1) is 36.2 Å². The number of benzene rings is 1. The number of hydrogen-bond acceptors (Lipinski definition) is 6. The van der Waals surface area contributed by atoms with Gasteiger partial charge in [-0.15, -0.1) is 0 Å². The summed E-state index contributed by atoms with van der Waals surface area (Å²) in [5.74, 6) is 0.481. The van der Waals surface area contributed by atoms with Crippen LogP contribution >= 0.6 is 0 Å². The number of amides is 2. The number of nitrogens with one attached hydrogen (secondary N) is 2. The summed E-state index contributed by atoms with van der Waals surface area (Å²) < 4.78 is 43.4. The maximum atomic E-state index is 12.7. The molecule has 0 atom stereocenters. The number of piperazine rings is 1. The minimum atomic E-state index is -4.42. The van der Waals surface area contributed by atoms with Crippen molar-refractivity contribution in [3.8, 4) is 0 Å². The normalized spacial score (nSPS) is 14.5. The van der Waals surface area contributed by atoms with Crippen LogP contribution in [-0.4, -0.2) is 54.4 Å². The molecule has 11 heteroatoms. The van der Waals surface area contributed by atoms with Gasteiger partial charge in [0.15, 0.2) is 0 Å². The Morgan fingerprint density at radius 2 is 1.77 bits per heavy atom. The molecule has 0 saturated carbocycles. The van der Waals surface area contributed by atoms with Gasteiger partial charge in [-0.25, -0.2) is 4.98 Å². The van der Waals surface area contributed by atoms with E-state index in [1.165, 1.54) is 12.3 Å². The summed E-state index contributed by atoms with van der Waals surface area (Å²) in [5.41, 5.74) is -0.0425. The van der Waals surface area contributed by atoms with E-state index in [4.69, 9.17) is 4.42 Å².